The van der Waals surface area contributed by atoms with Crippen LogP contribution in [-0.2, 0) is 11.3 Å². The fraction of sp³-hybridized carbons (Fsp3) is 0.455. The largest absolute Gasteiger partial charge is 0.368 e. The second-order valence-corrected chi connectivity index (χ2v) is 7.65. The van der Waals surface area contributed by atoms with Gasteiger partial charge in [0.2, 0.25) is 5.91 Å². The second-order valence-electron chi connectivity index (χ2n) is 7.65. The third-order valence-corrected chi connectivity index (χ3v) is 5.79. The number of pyridine rings is 1. The molecule has 6 nitrogen and oxygen atoms in total. The lowest BCUT2D eigenvalue weighted by atomic mass is 10.1. The molecule has 6 heteroatoms. The molecule has 1 atom stereocenters. The van der Waals surface area contributed by atoms with E-state index in [1.54, 1.807) is 0 Å². The normalized spacial score (nSPS) is 19.7. The fourth-order valence-corrected chi connectivity index (χ4v) is 4.14. The summed E-state index contributed by atoms with van der Waals surface area (Å²) in [6.07, 6.45) is 2.77. The molecule has 148 valence electrons. The van der Waals surface area contributed by atoms with Gasteiger partial charge in [-0.1, -0.05) is 24.3 Å². The van der Waals surface area contributed by atoms with Gasteiger partial charge in [-0.15, -0.1) is 0 Å². The Morgan fingerprint density at radius 3 is 2.68 bits per heavy atom. The van der Waals surface area contributed by atoms with E-state index in [2.05, 4.69) is 62.7 Å². The van der Waals surface area contributed by atoms with Crippen LogP contribution in [0.15, 0.2) is 42.6 Å². The van der Waals surface area contributed by atoms with Gasteiger partial charge in [0, 0.05) is 56.7 Å². The number of para-hydroxylation sites is 1. The van der Waals surface area contributed by atoms with Crippen LogP contribution >= 0.6 is 0 Å². The summed E-state index contributed by atoms with van der Waals surface area (Å²) < 4.78 is 0. The molecule has 28 heavy (non-hydrogen) atoms. The van der Waals surface area contributed by atoms with E-state index in [0.29, 0.717) is 6.54 Å². The first-order valence-electron chi connectivity index (χ1n) is 10.2. The third kappa shape index (κ3) is 4.12. The van der Waals surface area contributed by atoms with E-state index in [-0.39, 0.29) is 11.8 Å². The Morgan fingerprint density at radius 1 is 1.14 bits per heavy atom. The van der Waals surface area contributed by atoms with Crippen molar-refractivity contribution in [1.82, 2.24) is 15.6 Å². The summed E-state index contributed by atoms with van der Waals surface area (Å²) in [6, 6.07) is 12.6. The molecule has 1 amide bonds. The van der Waals surface area contributed by atoms with Crippen LogP contribution in [0.3, 0.4) is 0 Å². The first kappa shape index (κ1) is 18.7. The number of hydrogen-bond donors (Lipinski definition) is 2. The monoisotopic (exact) mass is 379 g/mol. The molecular weight excluding hydrogens is 350 g/mol. The van der Waals surface area contributed by atoms with Crippen LogP contribution in [0.2, 0.25) is 0 Å². The van der Waals surface area contributed by atoms with E-state index in [4.69, 9.17) is 0 Å². The average molecular weight is 380 g/mol. The lowest BCUT2D eigenvalue weighted by Gasteiger charge is -2.38. The molecule has 0 aliphatic carbocycles. The van der Waals surface area contributed by atoms with Crippen molar-refractivity contribution in [2.75, 3.05) is 49.1 Å². The maximum Gasteiger partial charge on any atom is 0.224 e. The van der Waals surface area contributed by atoms with Crippen LogP contribution in [0.1, 0.15) is 17.5 Å². The summed E-state index contributed by atoms with van der Waals surface area (Å²) in [7, 11) is 0. The zero-order valence-corrected chi connectivity index (χ0v) is 16.5. The van der Waals surface area contributed by atoms with Crippen LogP contribution in [0.4, 0.5) is 11.5 Å². The van der Waals surface area contributed by atoms with E-state index in [0.717, 1.165) is 57.1 Å². The number of amides is 1. The summed E-state index contributed by atoms with van der Waals surface area (Å²) in [4.78, 5) is 21.8. The molecule has 1 aromatic heterocycles. The molecule has 0 bridgehead atoms. The fourth-order valence-electron chi connectivity index (χ4n) is 4.14. The summed E-state index contributed by atoms with van der Waals surface area (Å²) in [5.41, 5.74) is 3.73. The van der Waals surface area contributed by atoms with Gasteiger partial charge in [-0.3, -0.25) is 4.79 Å². The van der Waals surface area contributed by atoms with E-state index < -0.39 is 0 Å². The molecule has 0 unspecified atom stereocenters. The lowest BCUT2D eigenvalue weighted by Crippen LogP contribution is -2.47. The van der Waals surface area contributed by atoms with E-state index in [1.807, 2.05) is 12.3 Å². The van der Waals surface area contributed by atoms with Gasteiger partial charge in [-0.25, -0.2) is 4.98 Å². The second kappa shape index (κ2) is 8.61. The predicted molar refractivity (Wildman–Crippen MR) is 113 cm³/mol. The van der Waals surface area contributed by atoms with Crippen LogP contribution in [0.5, 0.6) is 0 Å². The van der Waals surface area contributed by atoms with Gasteiger partial charge in [-0.05, 0) is 37.6 Å². The quantitative estimate of drug-likeness (QED) is 0.832. The Bertz CT molecular complexity index is 810. The van der Waals surface area contributed by atoms with Gasteiger partial charge in [0.15, 0.2) is 0 Å². The summed E-state index contributed by atoms with van der Waals surface area (Å²) >= 11 is 0. The Kier molecular flexibility index (Phi) is 5.76. The van der Waals surface area contributed by atoms with E-state index >= 15 is 0 Å². The Balaban J connectivity index is 1.38. The van der Waals surface area contributed by atoms with Crippen LogP contribution in [0, 0.1) is 12.8 Å². The zero-order chi connectivity index (χ0) is 19.3. The van der Waals surface area contributed by atoms with Crippen LogP contribution < -0.4 is 20.4 Å². The number of nitrogens with one attached hydrogen (secondary N) is 2. The molecule has 2 aliphatic rings. The number of nitrogens with zero attached hydrogens (tertiary/aromatic N) is 3. The third-order valence-electron chi connectivity index (χ3n) is 5.79. The highest BCUT2D eigenvalue weighted by Crippen LogP contribution is 2.24. The number of carbonyl (C=O) groups excluding carboxylic acids is 1. The van der Waals surface area contributed by atoms with Crippen molar-refractivity contribution in [2.24, 2.45) is 5.92 Å². The van der Waals surface area contributed by atoms with Crippen molar-refractivity contribution in [3.63, 3.8) is 0 Å². The zero-order valence-electron chi connectivity index (χ0n) is 16.5. The van der Waals surface area contributed by atoms with Crippen LogP contribution in [0.25, 0.3) is 0 Å². The maximum absolute atomic E-state index is 12.3. The summed E-state index contributed by atoms with van der Waals surface area (Å²) in [5.74, 6) is 1.23. The first-order valence-corrected chi connectivity index (χ1v) is 10.2. The standard InChI is InChI=1S/C22H29N5O/c1-17-5-2-3-7-20(17)26-11-13-27(14-12-26)21-18(6-4-9-24-21)16-25-22(28)19-8-10-23-15-19/h2-7,9,19,23H,8,10-16H2,1H3,(H,25,28)/t19-/m0/s1. The van der Waals surface area contributed by atoms with Crippen molar-refractivity contribution in [1.29, 1.82) is 0 Å². The van der Waals surface area contributed by atoms with Crippen molar-refractivity contribution < 1.29 is 4.79 Å². The van der Waals surface area contributed by atoms with Crippen molar-refractivity contribution >= 4 is 17.4 Å². The first-order chi connectivity index (χ1) is 13.7. The number of aromatic nitrogens is 1. The van der Waals surface area contributed by atoms with E-state index in [9.17, 15) is 4.79 Å². The number of hydrogen-bond acceptors (Lipinski definition) is 5. The van der Waals surface area contributed by atoms with Gasteiger partial charge in [0.1, 0.15) is 5.82 Å². The molecule has 4 rings (SSSR count). The minimum atomic E-state index is 0.0952. The Labute approximate surface area is 166 Å². The number of rotatable bonds is 5. The lowest BCUT2D eigenvalue weighted by molar-refractivity contribution is -0.124. The number of piperazine rings is 1. The predicted octanol–water partition coefficient (Wildman–Crippen LogP) is 1.94. The molecule has 2 fully saturated rings. The van der Waals surface area contributed by atoms with Gasteiger partial charge in [-0.2, -0.15) is 0 Å². The molecular formula is C22H29N5O. The number of aryl methyl sites for hydroxylation is 1. The maximum atomic E-state index is 12.3. The highest BCUT2D eigenvalue weighted by molar-refractivity contribution is 5.79. The molecule has 1 aromatic carbocycles. The van der Waals surface area contributed by atoms with Gasteiger partial charge in [0.05, 0.1) is 5.92 Å². The molecule has 0 radical (unpaired) electrons. The molecule has 2 saturated heterocycles. The van der Waals surface area contributed by atoms with Gasteiger partial charge in [0.25, 0.3) is 0 Å². The van der Waals surface area contributed by atoms with E-state index in [1.165, 1.54) is 11.3 Å². The highest BCUT2D eigenvalue weighted by Gasteiger charge is 2.24. The topological polar surface area (TPSA) is 60.5 Å². The number of carbonyl (C=O) groups is 1. The van der Waals surface area contributed by atoms with Crippen molar-refractivity contribution in [3.05, 3.63) is 53.7 Å². The summed E-state index contributed by atoms with van der Waals surface area (Å²) in [6.45, 7) is 8.23. The molecule has 2 aromatic rings. The molecule has 2 aliphatic heterocycles. The SMILES string of the molecule is Cc1ccccc1N1CCN(c2ncccc2CNC(=O)[C@H]2CCNC2)CC1. The molecule has 2 N–H and O–H groups in total. The van der Waals surface area contributed by atoms with Crippen molar-refractivity contribution in [3.8, 4) is 0 Å². The molecule has 3 heterocycles. The molecule has 0 saturated carbocycles. The van der Waals surface area contributed by atoms with Gasteiger partial charge < -0.3 is 20.4 Å². The Morgan fingerprint density at radius 2 is 1.93 bits per heavy atom. The Hall–Kier alpha value is -2.60. The summed E-state index contributed by atoms with van der Waals surface area (Å²) in [5, 5.41) is 6.36. The highest BCUT2D eigenvalue weighted by atomic mass is 16.1. The minimum Gasteiger partial charge on any atom is -0.368 e. The van der Waals surface area contributed by atoms with Gasteiger partial charge >= 0.3 is 0 Å². The van der Waals surface area contributed by atoms with Crippen molar-refractivity contribution in [2.45, 2.75) is 19.9 Å². The van der Waals surface area contributed by atoms with Crippen LogP contribution in [-0.4, -0.2) is 50.2 Å². The average Bonchev–Trinajstić information content (AvgIpc) is 3.28. The number of benzene rings is 1. The minimum absolute atomic E-state index is 0.0952. The number of anilines is 2. The molecule has 0 spiro atoms. The smallest absolute Gasteiger partial charge is 0.224 e.